The topological polar surface area (TPSA) is 66.4 Å². The Balaban J connectivity index is 2.21. The monoisotopic (exact) mass is 417 g/mol. The van der Waals surface area contributed by atoms with Crippen LogP contribution in [0.25, 0.3) is 0 Å². The van der Waals surface area contributed by atoms with E-state index in [1.807, 2.05) is 0 Å². The summed E-state index contributed by atoms with van der Waals surface area (Å²) in [5.74, 6) is -1.52. The van der Waals surface area contributed by atoms with Crippen molar-refractivity contribution in [2.75, 3.05) is 0 Å². The smallest absolute Gasteiger partial charge is 0.330 e. The number of hydrogen-bond donors (Lipinski definition) is 2. The molecule has 4 nitrogen and oxygen atoms in total. The van der Waals surface area contributed by atoms with E-state index in [4.69, 9.17) is 0 Å². The van der Waals surface area contributed by atoms with Gasteiger partial charge >= 0.3 is 5.97 Å². The number of carboxylic acid groups (broad SMARTS) is 1. The first-order chi connectivity index (χ1) is 9.49. The third-order valence-corrected chi connectivity index (χ3v) is 5.78. The van der Waals surface area contributed by atoms with Crippen molar-refractivity contribution < 1.29 is 14.7 Å². The predicted molar refractivity (Wildman–Crippen MR) is 84.0 cm³/mol. The van der Waals surface area contributed by atoms with Gasteiger partial charge < -0.3 is 10.4 Å². The summed E-state index contributed by atoms with van der Waals surface area (Å²) in [5, 5.41) is 11.8. The molecular weight excluding hydrogens is 410 g/mol. The lowest BCUT2D eigenvalue weighted by Crippen LogP contribution is -2.33. The van der Waals surface area contributed by atoms with Gasteiger partial charge in [0.2, 0.25) is 0 Å². The number of carbonyl (C=O) groups excluding carboxylic acids is 1. The lowest BCUT2D eigenvalue weighted by atomic mass is 10.1. The molecule has 1 atom stereocenters. The van der Waals surface area contributed by atoms with E-state index in [0.717, 1.165) is 8.26 Å². The number of halogens is 2. The second-order valence-corrected chi connectivity index (χ2v) is 7.11. The number of rotatable bonds is 4. The lowest BCUT2D eigenvalue weighted by Gasteiger charge is -2.14. The summed E-state index contributed by atoms with van der Waals surface area (Å²) < 4.78 is 1.55. The van der Waals surface area contributed by atoms with Gasteiger partial charge in [0.05, 0.1) is 8.66 Å². The third-order valence-electron chi connectivity index (χ3n) is 2.52. The largest absolute Gasteiger partial charge is 0.479 e. The van der Waals surface area contributed by atoms with E-state index < -0.39 is 17.9 Å². The van der Waals surface area contributed by atoms with Crippen molar-refractivity contribution >= 4 is 55.1 Å². The van der Waals surface area contributed by atoms with Crippen molar-refractivity contribution in [2.45, 2.75) is 6.04 Å². The second kappa shape index (κ2) is 6.51. The zero-order valence-electron chi connectivity index (χ0n) is 9.97. The van der Waals surface area contributed by atoms with Crippen LogP contribution in [0.4, 0.5) is 0 Å². The van der Waals surface area contributed by atoms with Gasteiger partial charge in [-0.05, 0) is 43.5 Å². The van der Waals surface area contributed by atoms with Gasteiger partial charge in [-0.15, -0.1) is 11.3 Å². The minimum Gasteiger partial charge on any atom is -0.479 e. The van der Waals surface area contributed by atoms with Crippen LogP contribution >= 0.6 is 43.2 Å². The van der Waals surface area contributed by atoms with Crippen LogP contribution in [0.2, 0.25) is 0 Å². The summed E-state index contributed by atoms with van der Waals surface area (Å²) in [5.41, 5.74) is 0.531. The predicted octanol–water partition coefficient (Wildman–Crippen LogP) is 3.83. The Morgan fingerprint density at radius 3 is 2.35 bits per heavy atom. The lowest BCUT2D eigenvalue weighted by molar-refractivity contribution is -0.139. The van der Waals surface area contributed by atoms with E-state index in [1.165, 1.54) is 11.3 Å². The molecule has 0 aliphatic rings. The number of thiophene rings is 1. The molecule has 0 radical (unpaired) electrons. The van der Waals surface area contributed by atoms with Crippen LogP contribution in [0.15, 0.2) is 44.7 Å². The average Bonchev–Trinajstić information content (AvgIpc) is 2.76. The van der Waals surface area contributed by atoms with Crippen molar-refractivity contribution in [1.82, 2.24) is 5.32 Å². The Morgan fingerprint density at radius 1 is 1.20 bits per heavy atom. The second-order valence-electron chi connectivity index (χ2n) is 3.89. The molecule has 0 bridgehead atoms. The number of carbonyl (C=O) groups is 2. The Morgan fingerprint density at radius 2 is 1.85 bits per heavy atom. The maximum Gasteiger partial charge on any atom is 0.330 e. The SMILES string of the molecule is O=C(N[C@H](C(=O)O)c1ccccc1)c1cc(Br)c(Br)s1. The molecule has 0 fully saturated rings. The molecular formula is C13H9Br2NO3S. The van der Waals surface area contributed by atoms with Gasteiger partial charge in [-0.2, -0.15) is 0 Å². The van der Waals surface area contributed by atoms with Gasteiger partial charge in [-0.3, -0.25) is 4.79 Å². The molecule has 1 aromatic heterocycles. The minimum atomic E-state index is -1.10. The van der Waals surface area contributed by atoms with E-state index in [1.54, 1.807) is 36.4 Å². The van der Waals surface area contributed by atoms with Crippen molar-refractivity contribution in [3.05, 3.63) is 55.1 Å². The van der Waals surface area contributed by atoms with E-state index in [9.17, 15) is 14.7 Å². The standard InChI is InChI=1S/C13H9Br2NO3S/c14-8-6-9(20-11(8)15)12(17)16-10(13(18)19)7-4-2-1-3-5-7/h1-6,10H,(H,16,17)(H,18,19)/t10-/m0/s1. The third kappa shape index (κ3) is 3.47. The number of benzene rings is 1. The molecule has 0 unspecified atom stereocenters. The summed E-state index contributed by atoms with van der Waals surface area (Å²) in [6, 6.07) is 9.17. The summed E-state index contributed by atoms with van der Waals surface area (Å²) >= 11 is 7.83. The first-order valence-corrected chi connectivity index (χ1v) is 7.92. The highest BCUT2D eigenvalue weighted by atomic mass is 79.9. The van der Waals surface area contributed by atoms with E-state index in [0.29, 0.717) is 10.4 Å². The van der Waals surface area contributed by atoms with Crippen molar-refractivity contribution in [2.24, 2.45) is 0 Å². The number of aliphatic carboxylic acids is 1. The van der Waals surface area contributed by atoms with Gasteiger partial charge in [0.1, 0.15) is 0 Å². The molecule has 0 saturated carbocycles. The molecule has 2 rings (SSSR count). The molecule has 0 aliphatic heterocycles. The summed E-state index contributed by atoms with van der Waals surface area (Å²) in [6.45, 7) is 0. The number of nitrogens with one attached hydrogen (secondary N) is 1. The molecule has 7 heteroatoms. The molecule has 1 amide bonds. The molecule has 20 heavy (non-hydrogen) atoms. The number of amides is 1. The van der Waals surface area contributed by atoms with Crippen molar-refractivity contribution in [3.8, 4) is 0 Å². The molecule has 2 N–H and O–H groups in total. The van der Waals surface area contributed by atoms with E-state index in [-0.39, 0.29) is 0 Å². The summed E-state index contributed by atoms with van der Waals surface area (Å²) in [6.07, 6.45) is 0. The van der Waals surface area contributed by atoms with Crippen LogP contribution in [0.3, 0.4) is 0 Å². The molecule has 0 saturated heterocycles. The quantitative estimate of drug-likeness (QED) is 0.792. The molecule has 2 aromatic rings. The normalized spacial score (nSPS) is 11.9. The zero-order chi connectivity index (χ0) is 14.7. The highest BCUT2D eigenvalue weighted by molar-refractivity contribution is 9.13. The van der Waals surface area contributed by atoms with E-state index >= 15 is 0 Å². The maximum absolute atomic E-state index is 12.1. The Bertz CT molecular complexity index is 623. The molecule has 0 spiro atoms. The Kier molecular flexibility index (Phi) is 4.95. The fraction of sp³-hybridized carbons (Fsp3) is 0.0769. The summed E-state index contributed by atoms with van der Waals surface area (Å²) in [7, 11) is 0. The zero-order valence-corrected chi connectivity index (χ0v) is 14.0. The minimum absolute atomic E-state index is 0.419. The molecule has 1 aromatic carbocycles. The van der Waals surface area contributed by atoms with Crippen molar-refractivity contribution in [1.29, 1.82) is 0 Å². The highest BCUT2D eigenvalue weighted by Gasteiger charge is 2.23. The van der Waals surface area contributed by atoms with Gasteiger partial charge in [0.15, 0.2) is 6.04 Å². The summed E-state index contributed by atoms with van der Waals surface area (Å²) in [4.78, 5) is 23.8. The highest BCUT2D eigenvalue weighted by Crippen LogP contribution is 2.32. The molecule has 0 aliphatic carbocycles. The fourth-order valence-corrected chi connectivity index (χ4v) is 3.53. The van der Waals surface area contributed by atoms with Crippen LogP contribution in [0, 0.1) is 0 Å². The van der Waals surface area contributed by atoms with Crippen LogP contribution in [0.5, 0.6) is 0 Å². The fourth-order valence-electron chi connectivity index (χ4n) is 1.59. The van der Waals surface area contributed by atoms with Gasteiger partial charge in [0, 0.05) is 4.47 Å². The van der Waals surface area contributed by atoms with E-state index in [2.05, 4.69) is 37.2 Å². The van der Waals surface area contributed by atoms with Crippen LogP contribution in [-0.4, -0.2) is 17.0 Å². The van der Waals surface area contributed by atoms with Crippen LogP contribution in [0.1, 0.15) is 21.3 Å². The van der Waals surface area contributed by atoms with Crippen molar-refractivity contribution in [3.63, 3.8) is 0 Å². The molecule has 104 valence electrons. The number of carboxylic acids is 1. The maximum atomic E-state index is 12.1. The van der Waals surface area contributed by atoms with Crippen LogP contribution in [-0.2, 0) is 4.79 Å². The Hall–Kier alpha value is -1.18. The molecule has 1 heterocycles. The first-order valence-electron chi connectivity index (χ1n) is 5.52. The van der Waals surface area contributed by atoms with Gasteiger partial charge in [-0.25, -0.2) is 4.79 Å². The average molecular weight is 419 g/mol. The van der Waals surface area contributed by atoms with Gasteiger partial charge in [0.25, 0.3) is 5.91 Å². The van der Waals surface area contributed by atoms with Crippen LogP contribution < -0.4 is 5.32 Å². The first kappa shape index (κ1) is 15.2. The van der Waals surface area contributed by atoms with Gasteiger partial charge in [-0.1, -0.05) is 30.3 Å². The number of hydrogen-bond acceptors (Lipinski definition) is 3. The Labute approximate surface area is 136 Å².